The molecule has 0 atom stereocenters. The molecule has 1 aromatic carbocycles. The molecule has 0 spiro atoms. The van der Waals surface area contributed by atoms with E-state index in [1.807, 2.05) is 26.0 Å². The van der Waals surface area contributed by atoms with E-state index in [9.17, 15) is 8.78 Å². The van der Waals surface area contributed by atoms with Gasteiger partial charge in [-0.2, -0.15) is 0 Å². The number of rotatable bonds is 2. The van der Waals surface area contributed by atoms with Gasteiger partial charge in [0.25, 0.3) is 5.92 Å². The first-order valence-corrected chi connectivity index (χ1v) is 9.21. The van der Waals surface area contributed by atoms with Crippen molar-refractivity contribution in [3.63, 3.8) is 0 Å². The van der Waals surface area contributed by atoms with Gasteiger partial charge in [-0.3, -0.25) is 0 Å². The molecule has 0 bridgehead atoms. The molecule has 2 nitrogen and oxygen atoms in total. The van der Waals surface area contributed by atoms with Crippen molar-refractivity contribution in [1.29, 1.82) is 0 Å². The van der Waals surface area contributed by atoms with Gasteiger partial charge in [0.2, 0.25) is 0 Å². The minimum Gasteiger partial charge on any atom is -0.375 e. The number of fused-ring (bicyclic) bond motifs is 1. The Morgan fingerprint density at radius 3 is 2.48 bits per heavy atom. The van der Waals surface area contributed by atoms with Crippen LogP contribution in [0.5, 0.6) is 0 Å². The van der Waals surface area contributed by atoms with Crippen LogP contribution in [0, 0.1) is 17.3 Å². The predicted octanol–water partition coefficient (Wildman–Crippen LogP) is 5.24. The van der Waals surface area contributed by atoms with Gasteiger partial charge in [0, 0.05) is 36.3 Å². The van der Waals surface area contributed by atoms with Crippen LogP contribution in [-0.2, 0) is 11.3 Å². The van der Waals surface area contributed by atoms with Crippen molar-refractivity contribution in [2.24, 2.45) is 5.41 Å². The molecule has 0 amide bonds. The normalized spacial score (nSPS) is 18.3. The molecular formula is C21H29F2NO. The smallest absolute Gasteiger partial charge is 0.261 e. The maximum absolute atomic E-state index is 13.7. The van der Waals surface area contributed by atoms with Crippen LogP contribution in [0.15, 0.2) is 18.2 Å². The molecule has 0 aromatic heterocycles. The second-order valence-corrected chi connectivity index (χ2v) is 6.86. The van der Waals surface area contributed by atoms with Crippen molar-refractivity contribution < 1.29 is 13.5 Å². The molecule has 1 aliphatic heterocycles. The lowest BCUT2D eigenvalue weighted by molar-refractivity contribution is -0.0294. The van der Waals surface area contributed by atoms with Gasteiger partial charge in [-0.05, 0) is 38.8 Å². The average molecular weight is 349 g/mol. The lowest BCUT2D eigenvalue weighted by Gasteiger charge is -2.28. The molecule has 1 saturated carbocycles. The predicted molar refractivity (Wildman–Crippen MR) is 99.1 cm³/mol. The van der Waals surface area contributed by atoms with Crippen LogP contribution in [0.2, 0.25) is 0 Å². The van der Waals surface area contributed by atoms with Crippen molar-refractivity contribution in [3.05, 3.63) is 29.3 Å². The van der Waals surface area contributed by atoms with Crippen molar-refractivity contribution in [2.45, 2.75) is 66.0 Å². The number of benzene rings is 1. The zero-order chi connectivity index (χ0) is 18.7. The third kappa shape index (κ3) is 4.15. The molecule has 1 aliphatic carbocycles. The number of alkyl halides is 2. The highest BCUT2D eigenvalue weighted by Crippen LogP contribution is 2.56. The van der Waals surface area contributed by atoms with E-state index in [2.05, 4.69) is 36.7 Å². The largest absolute Gasteiger partial charge is 0.375 e. The van der Waals surface area contributed by atoms with E-state index < -0.39 is 11.3 Å². The maximum atomic E-state index is 13.7. The number of nitrogens with zero attached hydrogens (tertiary/aromatic N) is 1. The highest BCUT2D eigenvalue weighted by molar-refractivity contribution is 5.61. The Bertz CT molecular complexity index is 648. The van der Waals surface area contributed by atoms with Crippen LogP contribution in [0.3, 0.4) is 0 Å². The summed E-state index contributed by atoms with van der Waals surface area (Å²) in [5, 5.41) is 0. The summed E-state index contributed by atoms with van der Waals surface area (Å²) in [6, 6.07) is 6.28. The van der Waals surface area contributed by atoms with Crippen LogP contribution >= 0.6 is 0 Å². The Hall–Kier alpha value is -1.60. The minimum absolute atomic E-state index is 0.355. The Morgan fingerprint density at radius 1 is 1.24 bits per heavy atom. The first-order chi connectivity index (χ1) is 11.8. The molecule has 25 heavy (non-hydrogen) atoms. The molecule has 138 valence electrons. The Morgan fingerprint density at radius 2 is 1.92 bits per heavy atom. The first kappa shape index (κ1) is 19.7. The van der Waals surface area contributed by atoms with Crippen LogP contribution in [-0.4, -0.2) is 25.1 Å². The molecule has 1 aromatic rings. The van der Waals surface area contributed by atoms with Gasteiger partial charge in [-0.25, -0.2) is 8.78 Å². The maximum Gasteiger partial charge on any atom is 0.261 e. The molecule has 0 unspecified atom stereocenters. The van der Waals surface area contributed by atoms with Crippen LogP contribution < -0.4 is 4.90 Å². The SMILES string of the molecule is CC.CC(C)N1CCOCc2c(C#CC3(C(C)(F)F)CC3)cccc21. The Kier molecular flexibility index (Phi) is 6.11. The van der Waals surface area contributed by atoms with E-state index in [1.54, 1.807) is 0 Å². The van der Waals surface area contributed by atoms with Gasteiger partial charge in [0.05, 0.1) is 18.6 Å². The van der Waals surface area contributed by atoms with Gasteiger partial charge < -0.3 is 9.64 Å². The zero-order valence-corrected chi connectivity index (χ0v) is 16.0. The monoisotopic (exact) mass is 349 g/mol. The first-order valence-electron chi connectivity index (χ1n) is 9.21. The van der Waals surface area contributed by atoms with E-state index in [4.69, 9.17) is 4.74 Å². The average Bonchev–Trinajstić information content (AvgIpc) is 3.38. The van der Waals surface area contributed by atoms with Crippen LogP contribution in [0.1, 0.15) is 58.6 Å². The number of hydrogen-bond acceptors (Lipinski definition) is 2. The third-order valence-electron chi connectivity index (χ3n) is 4.83. The summed E-state index contributed by atoms with van der Waals surface area (Å²) in [6.07, 6.45) is 0.959. The van der Waals surface area contributed by atoms with E-state index in [-0.39, 0.29) is 0 Å². The van der Waals surface area contributed by atoms with Crippen molar-refractivity contribution in [1.82, 2.24) is 0 Å². The van der Waals surface area contributed by atoms with Gasteiger partial charge in [-0.1, -0.05) is 31.8 Å². The topological polar surface area (TPSA) is 12.5 Å². The lowest BCUT2D eigenvalue weighted by atomic mass is 9.98. The highest BCUT2D eigenvalue weighted by atomic mass is 19.3. The molecule has 0 saturated heterocycles. The lowest BCUT2D eigenvalue weighted by Crippen LogP contribution is -2.33. The molecule has 0 radical (unpaired) electrons. The van der Waals surface area contributed by atoms with Crippen molar-refractivity contribution >= 4 is 5.69 Å². The summed E-state index contributed by atoms with van der Waals surface area (Å²) in [5.74, 6) is 3.16. The van der Waals surface area contributed by atoms with E-state index in [0.717, 1.165) is 30.3 Å². The van der Waals surface area contributed by atoms with E-state index in [1.165, 1.54) is 0 Å². The van der Waals surface area contributed by atoms with Crippen molar-refractivity contribution in [2.75, 3.05) is 18.1 Å². The van der Waals surface area contributed by atoms with Gasteiger partial charge in [0.1, 0.15) is 0 Å². The van der Waals surface area contributed by atoms with E-state index in [0.29, 0.717) is 32.1 Å². The van der Waals surface area contributed by atoms with Crippen LogP contribution in [0.25, 0.3) is 0 Å². The second kappa shape index (κ2) is 7.74. The molecule has 1 heterocycles. The van der Waals surface area contributed by atoms with Crippen molar-refractivity contribution in [3.8, 4) is 11.8 Å². The second-order valence-electron chi connectivity index (χ2n) is 6.86. The van der Waals surface area contributed by atoms with E-state index >= 15 is 0 Å². The Labute approximate surface area is 150 Å². The quantitative estimate of drug-likeness (QED) is 0.677. The fourth-order valence-corrected chi connectivity index (χ4v) is 3.09. The number of ether oxygens (including phenoxy) is 1. The number of anilines is 1. The summed E-state index contributed by atoms with van der Waals surface area (Å²) >= 11 is 0. The third-order valence-corrected chi connectivity index (χ3v) is 4.83. The molecule has 4 heteroatoms. The Balaban J connectivity index is 0.00000109. The van der Waals surface area contributed by atoms with Gasteiger partial charge in [-0.15, -0.1) is 0 Å². The molecule has 3 rings (SSSR count). The summed E-state index contributed by atoms with van der Waals surface area (Å²) in [7, 11) is 0. The minimum atomic E-state index is -2.74. The molecule has 1 fully saturated rings. The standard InChI is InChI=1S/C19H23F2NO.C2H6/c1-14(2)22-11-12-23-13-16-15(5-4-6-17(16)22)7-8-19(9-10-19)18(3,20)21;1-2/h4-6,14H,9-13H2,1-3H3;1-2H3. The zero-order valence-electron chi connectivity index (χ0n) is 16.0. The number of hydrogen-bond donors (Lipinski definition) is 0. The van der Waals surface area contributed by atoms with Gasteiger partial charge >= 0.3 is 0 Å². The van der Waals surface area contributed by atoms with Crippen LogP contribution in [0.4, 0.5) is 14.5 Å². The molecular weight excluding hydrogens is 320 g/mol. The summed E-state index contributed by atoms with van der Waals surface area (Å²) in [4.78, 5) is 2.29. The summed E-state index contributed by atoms with van der Waals surface area (Å²) in [6.45, 7) is 11.2. The highest BCUT2D eigenvalue weighted by Gasteiger charge is 2.58. The van der Waals surface area contributed by atoms with Gasteiger partial charge in [0.15, 0.2) is 0 Å². The molecule has 0 N–H and O–H groups in total. The summed E-state index contributed by atoms with van der Waals surface area (Å²) < 4.78 is 33.1. The summed E-state index contributed by atoms with van der Waals surface area (Å²) in [5.41, 5.74) is 1.81. The molecule has 2 aliphatic rings. The fourth-order valence-electron chi connectivity index (χ4n) is 3.09. The number of halogens is 2. The fraction of sp³-hybridized carbons (Fsp3) is 0.619.